The smallest absolute Gasteiger partial charge is 0.189 e. The van der Waals surface area contributed by atoms with Gasteiger partial charge in [0.05, 0.1) is 12.3 Å². The van der Waals surface area contributed by atoms with E-state index in [9.17, 15) is 0 Å². The van der Waals surface area contributed by atoms with Gasteiger partial charge in [-0.3, -0.25) is 0 Å². The minimum atomic E-state index is 0.295. The molecular formula is C12H17NO2. The molecule has 0 amide bonds. The number of benzene rings is 1. The highest BCUT2D eigenvalue weighted by atomic mass is 16.7. The summed E-state index contributed by atoms with van der Waals surface area (Å²) >= 11 is 0. The molecule has 2 N–H and O–H groups in total. The fourth-order valence-electron chi connectivity index (χ4n) is 1.40. The minimum absolute atomic E-state index is 0.295. The molecule has 3 heteroatoms. The third kappa shape index (κ3) is 3.13. The zero-order valence-corrected chi connectivity index (χ0v) is 9.03. The molecule has 1 aromatic rings. The number of hydrogen-bond donors (Lipinski definition) is 1. The van der Waals surface area contributed by atoms with Crippen LogP contribution in [0, 0.1) is 12.8 Å². The Hall–Kier alpha value is -1.22. The van der Waals surface area contributed by atoms with Crippen molar-refractivity contribution in [3.05, 3.63) is 23.8 Å². The average Bonchev–Trinajstić information content (AvgIpc) is 2.99. The molecule has 1 aliphatic carbocycles. The summed E-state index contributed by atoms with van der Waals surface area (Å²) in [5.41, 5.74) is 7.60. The molecule has 1 aromatic carbocycles. The maximum absolute atomic E-state index is 5.80. The molecule has 0 spiro atoms. The standard InChI is InChI=1S/C12H17NO2/c1-9-2-5-12(11(13)6-9)15-8-14-7-10-3-4-10/h2,5-6,10H,3-4,7-8,13H2,1H3. The number of nitrogens with two attached hydrogens (primary N) is 1. The lowest BCUT2D eigenvalue weighted by Gasteiger charge is -2.09. The molecule has 0 atom stereocenters. The van der Waals surface area contributed by atoms with Gasteiger partial charge in [0.25, 0.3) is 0 Å². The highest BCUT2D eigenvalue weighted by molar-refractivity contribution is 5.53. The van der Waals surface area contributed by atoms with Gasteiger partial charge in [0.1, 0.15) is 5.75 Å². The summed E-state index contributed by atoms with van der Waals surface area (Å²) in [5.74, 6) is 1.47. The second-order valence-corrected chi connectivity index (χ2v) is 4.12. The highest BCUT2D eigenvalue weighted by Crippen LogP contribution is 2.29. The molecule has 0 aliphatic heterocycles. The summed E-state index contributed by atoms with van der Waals surface area (Å²) in [6.45, 7) is 3.11. The van der Waals surface area contributed by atoms with Crippen molar-refractivity contribution in [1.82, 2.24) is 0 Å². The van der Waals surface area contributed by atoms with Gasteiger partial charge in [-0.1, -0.05) is 6.07 Å². The molecule has 2 rings (SSSR count). The van der Waals surface area contributed by atoms with Crippen molar-refractivity contribution in [3.8, 4) is 5.75 Å². The molecule has 3 nitrogen and oxygen atoms in total. The van der Waals surface area contributed by atoms with Gasteiger partial charge in [0.2, 0.25) is 0 Å². The predicted octanol–water partition coefficient (Wildman–Crippen LogP) is 2.34. The monoisotopic (exact) mass is 207 g/mol. The molecule has 0 bridgehead atoms. The fraction of sp³-hybridized carbons (Fsp3) is 0.500. The van der Waals surface area contributed by atoms with Gasteiger partial charge in [-0.25, -0.2) is 0 Å². The SMILES string of the molecule is Cc1ccc(OCOCC2CC2)c(N)c1. The number of aryl methyl sites for hydroxylation is 1. The third-order valence-electron chi connectivity index (χ3n) is 2.51. The molecule has 0 unspecified atom stereocenters. The second-order valence-electron chi connectivity index (χ2n) is 4.12. The van der Waals surface area contributed by atoms with E-state index in [0.717, 1.165) is 18.1 Å². The largest absolute Gasteiger partial charge is 0.465 e. The molecule has 0 radical (unpaired) electrons. The molecule has 1 fully saturated rings. The van der Waals surface area contributed by atoms with Crippen LogP contribution in [0.2, 0.25) is 0 Å². The van der Waals surface area contributed by atoms with Gasteiger partial charge in [-0.2, -0.15) is 0 Å². The van der Waals surface area contributed by atoms with E-state index in [0.29, 0.717) is 18.2 Å². The number of anilines is 1. The van der Waals surface area contributed by atoms with Gasteiger partial charge >= 0.3 is 0 Å². The lowest BCUT2D eigenvalue weighted by atomic mass is 10.2. The zero-order chi connectivity index (χ0) is 10.7. The Morgan fingerprint density at radius 3 is 2.87 bits per heavy atom. The summed E-state index contributed by atoms with van der Waals surface area (Å²) < 4.78 is 10.8. The van der Waals surface area contributed by atoms with Gasteiger partial charge in [-0.05, 0) is 43.4 Å². The summed E-state index contributed by atoms with van der Waals surface area (Å²) in [6.07, 6.45) is 2.60. The first-order chi connectivity index (χ1) is 7.25. The van der Waals surface area contributed by atoms with Gasteiger partial charge < -0.3 is 15.2 Å². The minimum Gasteiger partial charge on any atom is -0.465 e. The van der Waals surface area contributed by atoms with Crippen molar-refractivity contribution in [1.29, 1.82) is 0 Å². The molecule has 0 aromatic heterocycles. The van der Waals surface area contributed by atoms with Crippen LogP contribution < -0.4 is 10.5 Å². The van der Waals surface area contributed by atoms with E-state index >= 15 is 0 Å². The van der Waals surface area contributed by atoms with Gasteiger partial charge in [0.15, 0.2) is 6.79 Å². The van der Waals surface area contributed by atoms with Gasteiger partial charge in [-0.15, -0.1) is 0 Å². The molecule has 0 saturated heterocycles. The Morgan fingerprint density at radius 1 is 1.40 bits per heavy atom. The first-order valence-electron chi connectivity index (χ1n) is 5.32. The van der Waals surface area contributed by atoms with E-state index < -0.39 is 0 Å². The van der Waals surface area contributed by atoms with Crippen LogP contribution in [0.5, 0.6) is 5.75 Å². The summed E-state index contributed by atoms with van der Waals surface area (Å²) in [4.78, 5) is 0. The third-order valence-corrected chi connectivity index (χ3v) is 2.51. The Bertz CT molecular complexity index is 334. The molecule has 15 heavy (non-hydrogen) atoms. The van der Waals surface area contributed by atoms with Crippen molar-refractivity contribution in [3.63, 3.8) is 0 Å². The van der Waals surface area contributed by atoms with E-state index in [1.54, 1.807) is 0 Å². The van der Waals surface area contributed by atoms with E-state index in [-0.39, 0.29) is 0 Å². The first kappa shape index (κ1) is 10.3. The van der Waals surface area contributed by atoms with Crippen molar-refractivity contribution >= 4 is 5.69 Å². The zero-order valence-electron chi connectivity index (χ0n) is 9.03. The van der Waals surface area contributed by atoms with Crippen molar-refractivity contribution in [2.75, 3.05) is 19.1 Å². The van der Waals surface area contributed by atoms with Crippen LogP contribution in [0.25, 0.3) is 0 Å². The lowest BCUT2D eigenvalue weighted by Crippen LogP contribution is -2.06. The summed E-state index contributed by atoms with van der Waals surface area (Å²) in [5, 5.41) is 0. The molecule has 1 saturated carbocycles. The normalized spacial score (nSPS) is 15.3. The number of rotatable bonds is 5. The Kier molecular flexibility index (Phi) is 3.11. The fourth-order valence-corrected chi connectivity index (χ4v) is 1.40. The Balaban J connectivity index is 1.76. The van der Waals surface area contributed by atoms with Crippen LogP contribution in [-0.4, -0.2) is 13.4 Å². The number of nitrogen functional groups attached to an aromatic ring is 1. The van der Waals surface area contributed by atoms with Crippen molar-refractivity contribution in [2.24, 2.45) is 5.92 Å². The topological polar surface area (TPSA) is 44.5 Å². The Morgan fingerprint density at radius 2 is 2.20 bits per heavy atom. The first-order valence-corrected chi connectivity index (χ1v) is 5.32. The van der Waals surface area contributed by atoms with Crippen LogP contribution in [0.3, 0.4) is 0 Å². The van der Waals surface area contributed by atoms with Crippen LogP contribution >= 0.6 is 0 Å². The molecule has 1 aliphatic rings. The van der Waals surface area contributed by atoms with E-state index in [4.69, 9.17) is 15.2 Å². The van der Waals surface area contributed by atoms with Crippen molar-refractivity contribution in [2.45, 2.75) is 19.8 Å². The van der Waals surface area contributed by atoms with Crippen molar-refractivity contribution < 1.29 is 9.47 Å². The maximum Gasteiger partial charge on any atom is 0.189 e. The molecule has 82 valence electrons. The quantitative estimate of drug-likeness (QED) is 0.458. The summed E-state index contributed by atoms with van der Waals surface area (Å²) in [7, 11) is 0. The van der Waals surface area contributed by atoms with E-state index in [2.05, 4.69) is 0 Å². The molecule has 0 heterocycles. The summed E-state index contributed by atoms with van der Waals surface area (Å²) in [6, 6.07) is 5.76. The van der Waals surface area contributed by atoms with E-state index in [1.807, 2.05) is 25.1 Å². The van der Waals surface area contributed by atoms with Crippen LogP contribution in [0.1, 0.15) is 18.4 Å². The predicted molar refractivity (Wildman–Crippen MR) is 59.8 cm³/mol. The maximum atomic E-state index is 5.80. The second kappa shape index (κ2) is 4.53. The van der Waals surface area contributed by atoms with Crippen LogP contribution in [-0.2, 0) is 4.74 Å². The number of ether oxygens (including phenoxy) is 2. The molecular weight excluding hydrogens is 190 g/mol. The number of hydrogen-bond acceptors (Lipinski definition) is 3. The lowest BCUT2D eigenvalue weighted by molar-refractivity contribution is 0.0104. The van der Waals surface area contributed by atoms with Gasteiger partial charge in [0, 0.05) is 0 Å². The highest BCUT2D eigenvalue weighted by Gasteiger charge is 2.21. The van der Waals surface area contributed by atoms with Crippen LogP contribution in [0.4, 0.5) is 5.69 Å². The van der Waals surface area contributed by atoms with E-state index in [1.165, 1.54) is 12.8 Å². The van der Waals surface area contributed by atoms with Crippen LogP contribution in [0.15, 0.2) is 18.2 Å². The average molecular weight is 207 g/mol. The Labute approximate surface area is 90.2 Å².